The van der Waals surface area contributed by atoms with Gasteiger partial charge < -0.3 is 10.8 Å². The van der Waals surface area contributed by atoms with Crippen molar-refractivity contribution < 1.29 is 13.9 Å². The lowest BCUT2D eigenvalue weighted by Gasteiger charge is -2.10. The second kappa shape index (κ2) is 5.80. The molecule has 2 nitrogen and oxygen atoms in total. The Balaban J connectivity index is 2.86. The number of phenolic OH excluding ortho intramolecular Hbond substituents is 1. The van der Waals surface area contributed by atoms with Gasteiger partial charge in [-0.15, -0.1) is 0 Å². The van der Waals surface area contributed by atoms with Crippen LogP contribution in [0.4, 0.5) is 8.78 Å². The Bertz CT molecular complexity index is 353. The summed E-state index contributed by atoms with van der Waals surface area (Å²) in [4.78, 5) is 0. The molecule has 1 aromatic rings. The van der Waals surface area contributed by atoms with Crippen LogP contribution in [0.25, 0.3) is 0 Å². The van der Waals surface area contributed by atoms with Crippen LogP contribution in [0.3, 0.4) is 0 Å². The highest BCUT2D eigenvalue weighted by atomic mass is 19.3. The van der Waals surface area contributed by atoms with E-state index < -0.39 is 6.43 Å². The van der Waals surface area contributed by atoms with E-state index in [1.165, 1.54) is 6.07 Å². The first-order chi connectivity index (χ1) is 7.56. The molecule has 4 heteroatoms. The topological polar surface area (TPSA) is 46.2 Å². The fourth-order valence-electron chi connectivity index (χ4n) is 1.67. The van der Waals surface area contributed by atoms with Crippen molar-refractivity contribution in [3.05, 3.63) is 28.8 Å². The summed E-state index contributed by atoms with van der Waals surface area (Å²) < 4.78 is 25.2. The van der Waals surface area contributed by atoms with Crippen molar-refractivity contribution in [1.29, 1.82) is 0 Å². The molecule has 1 aromatic carbocycles. The maximum Gasteiger partial charge on any atom is 0.267 e. The van der Waals surface area contributed by atoms with Gasteiger partial charge in [-0.3, -0.25) is 0 Å². The summed E-state index contributed by atoms with van der Waals surface area (Å²) in [7, 11) is 0. The minimum atomic E-state index is -2.63. The number of hydrogen-bond acceptors (Lipinski definition) is 2. The molecular formula is C12H17F2NO. The fourth-order valence-corrected chi connectivity index (χ4v) is 1.67. The zero-order chi connectivity index (χ0) is 12.1. The van der Waals surface area contributed by atoms with Crippen molar-refractivity contribution >= 4 is 0 Å². The Morgan fingerprint density at radius 2 is 2.00 bits per heavy atom. The molecule has 3 N–H and O–H groups in total. The lowest BCUT2D eigenvalue weighted by molar-refractivity contribution is 0.147. The van der Waals surface area contributed by atoms with Gasteiger partial charge in [0.05, 0.1) is 5.56 Å². The Labute approximate surface area is 94.1 Å². The number of aryl methyl sites for hydroxylation is 2. The fraction of sp³-hybridized carbons (Fsp3) is 0.500. The van der Waals surface area contributed by atoms with Gasteiger partial charge in [0.1, 0.15) is 5.75 Å². The van der Waals surface area contributed by atoms with Crippen molar-refractivity contribution in [2.75, 3.05) is 6.54 Å². The third-order valence-electron chi connectivity index (χ3n) is 2.54. The predicted octanol–water partition coefficient (Wildman–Crippen LogP) is 2.92. The molecule has 0 bridgehead atoms. The quantitative estimate of drug-likeness (QED) is 0.762. The molecule has 0 aromatic heterocycles. The monoisotopic (exact) mass is 229 g/mol. The smallest absolute Gasteiger partial charge is 0.267 e. The number of halogens is 2. The van der Waals surface area contributed by atoms with Gasteiger partial charge in [-0.25, -0.2) is 8.78 Å². The van der Waals surface area contributed by atoms with Crippen LogP contribution >= 0.6 is 0 Å². The molecule has 0 aliphatic rings. The molecule has 0 amide bonds. The van der Waals surface area contributed by atoms with E-state index >= 15 is 0 Å². The molecule has 0 saturated heterocycles. The first-order valence-electron chi connectivity index (χ1n) is 5.37. The molecular weight excluding hydrogens is 212 g/mol. The summed E-state index contributed by atoms with van der Waals surface area (Å²) in [5, 5.41) is 9.46. The largest absolute Gasteiger partial charge is 0.507 e. The van der Waals surface area contributed by atoms with Gasteiger partial charge in [0.25, 0.3) is 6.43 Å². The number of benzene rings is 1. The molecule has 0 atom stereocenters. The zero-order valence-electron chi connectivity index (χ0n) is 9.34. The van der Waals surface area contributed by atoms with E-state index in [0.717, 1.165) is 24.8 Å². The van der Waals surface area contributed by atoms with Crippen LogP contribution < -0.4 is 5.73 Å². The Kier molecular flexibility index (Phi) is 4.68. The van der Waals surface area contributed by atoms with Crippen molar-refractivity contribution in [2.45, 2.75) is 32.6 Å². The minimum Gasteiger partial charge on any atom is -0.507 e. The highest BCUT2D eigenvalue weighted by molar-refractivity contribution is 5.43. The number of aromatic hydroxyl groups is 1. The van der Waals surface area contributed by atoms with Crippen LogP contribution in [0.5, 0.6) is 5.75 Å². The van der Waals surface area contributed by atoms with Crippen molar-refractivity contribution in [3.63, 3.8) is 0 Å². The first kappa shape index (κ1) is 12.9. The number of phenols is 1. The SMILES string of the molecule is Cc1cc(CCCCN)cc(C(F)F)c1O. The average Bonchev–Trinajstić information content (AvgIpc) is 2.23. The molecule has 16 heavy (non-hydrogen) atoms. The highest BCUT2D eigenvalue weighted by Crippen LogP contribution is 2.32. The third kappa shape index (κ3) is 3.17. The van der Waals surface area contributed by atoms with Crippen molar-refractivity contribution in [1.82, 2.24) is 0 Å². The Morgan fingerprint density at radius 3 is 2.56 bits per heavy atom. The van der Waals surface area contributed by atoms with Gasteiger partial charge in [-0.1, -0.05) is 6.07 Å². The molecule has 0 radical (unpaired) electrons. The predicted molar refractivity (Wildman–Crippen MR) is 59.8 cm³/mol. The van der Waals surface area contributed by atoms with Crippen LogP contribution in [-0.2, 0) is 6.42 Å². The molecule has 0 aliphatic heterocycles. The molecule has 0 aliphatic carbocycles. The Hall–Kier alpha value is -1.16. The van der Waals surface area contributed by atoms with Crippen LogP contribution in [0, 0.1) is 6.92 Å². The van der Waals surface area contributed by atoms with Crippen LogP contribution in [0.15, 0.2) is 12.1 Å². The van der Waals surface area contributed by atoms with Gasteiger partial charge in [-0.2, -0.15) is 0 Å². The maximum absolute atomic E-state index is 12.6. The second-order valence-corrected chi connectivity index (χ2v) is 3.90. The summed E-state index contributed by atoms with van der Waals surface area (Å²) in [6, 6.07) is 3.13. The number of rotatable bonds is 5. The zero-order valence-corrected chi connectivity index (χ0v) is 9.34. The normalized spacial score (nSPS) is 11.1. The van der Waals surface area contributed by atoms with E-state index in [1.807, 2.05) is 0 Å². The van der Waals surface area contributed by atoms with Gasteiger partial charge in [0.2, 0.25) is 0 Å². The lowest BCUT2D eigenvalue weighted by atomic mass is 10.0. The molecule has 0 unspecified atom stereocenters. The number of alkyl halides is 2. The van der Waals surface area contributed by atoms with Crippen molar-refractivity contribution in [3.8, 4) is 5.75 Å². The Morgan fingerprint density at radius 1 is 1.31 bits per heavy atom. The van der Waals surface area contributed by atoms with Gasteiger partial charge in [-0.05, 0) is 49.9 Å². The minimum absolute atomic E-state index is 0.275. The number of unbranched alkanes of at least 4 members (excludes halogenated alkanes) is 1. The summed E-state index contributed by atoms with van der Waals surface area (Å²) in [5.74, 6) is -0.294. The lowest BCUT2D eigenvalue weighted by Crippen LogP contribution is -1.99. The van der Waals surface area contributed by atoms with E-state index in [-0.39, 0.29) is 11.3 Å². The summed E-state index contributed by atoms with van der Waals surface area (Å²) in [6.45, 7) is 2.24. The van der Waals surface area contributed by atoms with Gasteiger partial charge in [0.15, 0.2) is 0 Å². The van der Waals surface area contributed by atoms with Crippen LogP contribution in [-0.4, -0.2) is 11.7 Å². The van der Waals surface area contributed by atoms with E-state index in [0.29, 0.717) is 12.1 Å². The van der Waals surface area contributed by atoms with E-state index in [2.05, 4.69) is 0 Å². The molecule has 1 rings (SSSR count). The summed E-state index contributed by atoms with van der Waals surface area (Å²) in [5.41, 5.74) is 6.42. The molecule has 0 heterocycles. The summed E-state index contributed by atoms with van der Waals surface area (Å²) >= 11 is 0. The van der Waals surface area contributed by atoms with Gasteiger partial charge in [0, 0.05) is 0 Å². The van der Waals surface area contributed by atoms with Gasteiger partial charge >= 0.3 is 0 Å². The first-order valence-corrected chi connectivity index (χ1v) is 5.37. The molecule has 0 fully saturated rings. The van der Waals surface area contributed by atoms with Crippen LogP contribution in [0.1, 0.15) is 36.0 Å². The van der Waals surface area contributed by atoms with Crippen molar-refractivity contribution in [2.24, 2.45) is 5.73 Å². The average molecular weight is 229 g/mol. The number of nitrogens with two attached hydrogens (primary N) is 1. The van der Waals surface area contributed by atoms with E-state index in [1.54, 1.807) is 13.0 Å². The molecule has 90 valence electrons. The van der Waals surface area contributed by atoms with Crippen LogP contribution in [0.2, 0.25) is 0 Å². The number of hydrogen-bond donors (Lipinski definition) is 2. The molecule has 0 saturated carbocycles. The molecule has 0 spiro atoms. The highest BCUT2D eigenvalue weighted by Gasteiger charge is 2.15. The maximum atomic E-state index is 12.6. The van der Waals surface area contributed by atoms with E-state index in [9.17, 15) is 13.9 Å². The standard InChI is InChI=1S/C12H17F2NO/c1-8-6-9(4-2-3-5-15)7-10(11(8)16)12(13)14/h6-7,12,16H,2-5,15H2,1H3. The summed E-state index contributed by atoms with van der Waals surface area (Å²) in [6.07, 6.45) is -0.154. The third-order valence-corrected chi connectivity index (χ3v) is 2.54. The second-order valence-electron chi connectivity index (χ2n) is 3.90. The van der Waals surface area contributed by atoms with E-state index in [4.69, 9.17) is 5.73 Å².